The molecule has 3 atom stereocenters. The number of aliphatic hydroxyl groups is 2. The topological polar surface area (TPSA) is 70.0 Å². The van der Waals surface area contributed by atoms with E-state index in [0.29, 0.717) is 12.3 Å². The number of rotatable bonds is 8. The van der Waals surface area contributed by atoms with Crippen molar-refractivity contribution < 1.29 is 24.1 Å². The van der Waals surface area contributed by atoms with Gasteiger partial charge in [-0.15, -0.1) is 0 Å². The number of hydrogen-bond acceptors (Lipinski definition) is 4. The van der Waals surface area contributed by atoms with Crippen molar-refractivity contribution in [1.29, 1.82) is 0 Å². The highest BCUT2D eigenvalue weighted by Crippen LogP contribution is 2.22. The summed E-state index contributed by atoms with van der Waals surface area (Å²) in [5.41, 5.74) is 1.50. The molecule has 2 rings (SSSR count). The van der Waals surface area contributed by atoms with Crippen molar-refractivity contribution >= 4 is 5.91 Å². The number of carbonyl (C=O) groups excluding carboxylic acids is 1. The van der Waals surface area contributed by atoms with Gasteiger partial charge < -0.3 is 14.9 Å². The summed E-state index contributed by atoms with van der Waals surface area (Å²) >= 11 is 0. The zero-order valence-electron chi connectivity index (χ0n) is 14.2. The van der Waals surface area contributed by atoms with E-state index in [-0.39, 0.29) is 12.8 Å². The summed E-state index contributed by atoms with van der Waals surface area (Å²) < 4.78 is 19.1. The van der Waals surface area contributed by atoms with Crippen LogP contribution in [0.3, 0.4) is 0 Å². The van der Waals surface area contributed by atoms with Crippen LogP contribution in [-0.2, 0) is 16.1 Å². The Kier molecular flexibility index (Phi) is 7.31. The van der Waals surface area contributed by atoms with Gasteiger partial charge >= 0.3 is 0 Å². The fraction of sp³-hybridized carbons (Fsp3) is 0.421. The van der Waals surface area contributed by atoms with E-state index in [0.717, 1.165) is 5.56 Å². The van der Waals surface area contributed by atoms with Crippen LogP contribution in [0.15, 0.2) is 54.3 Å². The van der Waals surface area contributed by atoms with Crippen LogP contribution in [0.2, 0.25) is 0 Å². The normalized spacial score (nSPS) is 19.2. The minimum Gasteiger partial charge on any atom is -0.394 e. The first-order valence-electron chi connectivity index (χ1n) is 8.30. The highest BCUT2D eigenvalue weighted by Gasteiger charge is 2.26. The quantitative estimate of drug-likeness (QED) is 0.707. The summed E-state index contributed by atoms with van der Waals surface area (Å²) in [6.45, 7) is 1.54. The molecule has 0 saturated carbocycles. The Balaban J connectivity index is 2.09. The second kappa shape index (κ2) is 9.46. The summed E-state index contributed by atoms with van der Waals surface area (Å²) in [5, 5.41) is 18.5. The standard InChI is InChI=1S/C19H24FNO4/c1-14(25-13-15-5-3-2-4-6-15)21(19(24)11-18(23)12-22)17-9-7-16(20)8-10-17/h2-7,9-10,14,16,18,22-23H,8,11-13H2,1H3/t14?,16?,18-/m1/s1. The predicted octanol–water partition coefficient (Wildman–Crippen LogP) is 2.30. The fourth-order valence-electron chi connectivity index (χ4n) is 2.55. The molecule has 0 aromatic heterocycles. The third kappa shape index (κ3) is 5.77. The van der Waals surface area contributed by atoms with Crippen LogP contribution in [-0.4, -0.2) is 46.1 Å². The molecule has 0 heterocycles. The minimum absolute atomic E-state index is 0.184. The monoisotopic (exact) mass is 349 g/mol. The molecular formula is C19H24FNO4. The number of nitrogens with zero attached hydrogens (tertiary/aromatic N) is 1. The van der Waals surface area contributed by atoms with Gasteiger partial charge in [0.05, 0.1) is 25.7 Å². The lowest BCUT2D eigenvalue weighted by Gasteiger charge is -2.32. The van der Waals surface area contributed by atoms with Gasteiger partial charge in [0.1, 0.15) is 12.4 Å². The van der Waals surface area contributed by atoms with E-state index in [9.17, 15) is 14.3 Å². The maximum Gasteiger partial charge on any atom is 0.231 e. The van der Waals surface area contributed by atoms with Crippen molar-refractivity contribution in [1.82, 2.24) is 4.90 Å². The van der Waals surface area contributed by atoms with E-state index in [2.05, 4.69) is 0 Å². The molecule has 0 fully saturated rings. The molecular weight excluding hydrogens is 325 g/mol. The number of amides is 1. The van der Waals surface area contributed by atoms with E-state index >= 15 is 0 Å². The van der Waals surface area contributed by atoms with Crippen molar-refractivity contribution in [3.63, 3.8) is 0 Å². The Morgan fingerprint density at radius 3 is 2.72 bits per heavy atom. The van der Waals surface area contributed by atoms with Crippen molar-refractivity contribution in [2.24, 2.45) is 0 Å². The zero-order valence-corrected chi connectivity index (χ0v) is 14.2. The van der Waals surface area contributed by atoms with Gasteiger partial charge in [-0.3, -0.25) is 9.69 Å². The molecule has 25 heavy (non-hydrogen) atoms. The van der Waals surface area contributed by atoms with Crippen molar-refractivity contribution in [2.45, 2.75) is 44.9 Å². The van der Waals surface area contributed by atoms with Gasteiger partial charge in [-0.05, 0) is 24.6 Å². The van der Waals surface area contributed by atoms with E-state index in [4.69, 9.17) is 9.84 Å². The number of benzene rings is 1. The average Bonchev–Trinajstić information content (AvgIpc) is 2.62. The Hall–Kier alpha value is -2.02. The molecule has 0 spiro atoms. The molecule has 0 saturated heterocycles. The number of aliphatic hydroxyl groups excluding tert-OH is 2. The first-order chi connectivity index (χ1) is 12.0. The molecule has 1 amide bonds. The number of allylic oxidation sites excluding steroid dienone is 3. The SMILES string of the molecule is CC(OCc1ccccc1)N(C(=O)C[C@@H](O)CO)C1=CCC(F)C=C1. The van der Waals surface area contributed by atoms with Gasteiger partial charge in [-0.1, -0.05) is 36.4 Å². The molecule has 5 nitrogen and oxygen atoms in total. The Morgan fingerprint density at radius 1 is 1.40 bits per heavy atom. The van der Waals surface area contributed by atoms with Gasteiger partial charge in [0.25, 0.3) is 0 Å². The van der Waals surface area contributed by atoms with E-state index in [1.807, 2.05) is 30.3 Å². The summed E-state index contributed by atoms with van der Waals surface area (Å²) in [5.74, 6) is -0.393. The Bertz CT molecular complexity index is 617. The molecule has 1 aromatic rings. The van der Waals surface area contributed by atoms with Crippen molar-refractivity contribution in [3.05, 3.63) is 59.8 Å². The average molecular weight is 349 g/mol. The maximum atomic E-state index is 13.3. The van der Waals surface area contributed by atoms with Crippen molar-refractivity contribution in [3.8, 4) is 0 Å². The number of hydrogen-bond donors (Lipinski definition) is 2. The van der Waals surface area contributed by atoms with Crippen LogP contribution < -0.4 is 0 Å². The second-order valence-corrected chi connectivity index (χ2v) is 5.94. The van der Waals surface area contributed by atoms with Gasteiger partial charge in [-0.25, -0.2) is 4.39 Å². The van der Waals surface area contributed by atoms with E-state index in [1.54, 1.807) is 19.1 Å². The van der Waals surface area contributed by atoms with Crippen LogP contribution in [0.1, 0.15) is 25.3 Å². The zero-order chi connectivity index (χ0) is 18.2. The predicted molar refractivity (Wildman–Crippen MR) is 92.0 cm³/mol. The molecule has 0 bridgehead atoms. The fourth-order valence-corrected chi connectivity index (χ4v) is 2.55. The van der Waals surface area contributed by atoms with Gasteiger partial charge in [0.15, 0.2) is 0 Å². The Labute approximate surface area is 147 Å². The van der Waals surface area contributed by atoms with Gasteiger partial charge in [0.2, 0.25) is 5.91 Å². The number of carbonyl (C=O) groups is 1. The Morgan fingerprint density at radius 2 is 2.12 bits per heavy atom. The number of halogens is 1. The lowest BCUT2D eigenvalue weighted by Crippen LogP contribution is -2.41. The molecule has 0 radical (unpaired) electrons. The molecule has 1 aromatic carbocycles. The second-order valence-electron chi connectivity index (χ2n) is 5.94. The summed E-state index contributed by atoms with van der Waals surface area (Å²) in [6.07, 6.45) is 1.70. The maximum absolute atomic E-state index is 13.3. The lowest BCUT2D eigenvalue weighted by atomic mass is 10.1. The molecule has 1 aliphatic rings. The van der Waals surface area contributed by atoms with Crippen LogP contribution >= 0.6 is 0 Å². The van der Waals surface area contributed by atoms with Gasteiger partial charge in [0, 0.05) is 12.1 Å². The van der Waals surface area contributed by atoms with E-state index in [1.165, 1.54) is 11.0 Å². The van der Waals surface area contributed by atoms with Crippen molar-refractivity contribution in [2.75, 3.05) is 6.61 Å². The highest BCUT2D eigenvalue weighted by molar-refractivity contribution is 5.79. The summed E-state index contributed by atoms with van der Waals surface area (Å²) in [7, 11) is 0. The first-order valence-corrected chi connectivity index (χ1v) is 8.30. The lowest BCUT2D eigenvalue weighted by molar-refractivity contribution is -0.143. The minimum atomic E-state index is -1.14. The van der Waals surface area contributed by atoms with Crippen LogP contribution in [0.25, 0.3) is 0 Å². The number of ether oxygens (including phenoxy) is 1. The first kappa shape index (κ1) is 19.3. The largest absolute Gasteiger partial charge is 0.394 e. The van der Waals surface area contributed by atoms with Gasteiger partial charge in [-0.2, -0.15) is 0 Å². The van der Waals surface area contributed by atoms with Crippen LogP contribution in [0, 0.1) is 0 Å². The van der Waals surface area contributed by atoms with Crippen LogP contribution in [0.5, 0.6) is 0 Å². The highest BCUT2D eigenvalue weighted by atomic mass is 19.1. The van der Waals surface area contributed by atoms with E-state index < -0.39 is 31.0 Å². The summed E-state index contributed by atoms with van der Waals surface area (Å²) in [4.78, 5) is 13.9. The molecule has 6 heteroatoms. The molecule has 136 valence electrons. The third-order valence-corrected chi connectivity index (χ3v) is 3.89. The molecule has 0 aliphatic heterocycles. The molecule has 2 N–H and O–H groups in total. The third-order valence-electron chi connectivity index (χ3n) is 3.89. The molecule has 1 aliphatic carbocycles. The summed E-state index contributed by atoms with van der Waals surface area (Å²) in [6, 6.07) is 9.54. The number of alkyl halides is 1. The molecule has 2 unspecified atom stereocenters. The smallest absolute Gasteiger partial charge is 0.231 e. The van der Waals surface area contributed by atoms with Crippen LogP contribution in [0.4, 0.5) is 4.39 Å².